The number of nitriles is 2. The lowest BCUT2D eigenvalue weighted by Crippen LogP contribution is -2.30. The third-order valence-electron chi connectivity index (χ3n) is 9.30. The Morgan fingerprint density at radius 2 is 1.04 bits per heavy atom. The topological polar surface area (TPSA) is 277 Å². The van der Waals surface area contributed by atoms with E-state index in [0.29, 0.717) is 55.7 Å². The maximum Gasteiger partial charge on any atom is 0.302 e. The van der Waals surface area contributed by atoms with E-state index >= 15 is 4.39 Å². The molecule has 4 aromatic rings. The fraction of sp³-hybridized carbons (Fsp3) is 0.400. The minimum absolute atomic E-state index is 0. The fourth-order valence-electron chi connectivity index (χ4n) is 6.50. The first-order valence-electron chi connectivity index (χ1n) is 22.4. The highest BCUT2D eigenvalue weighted by Gasteiger charge is 2.37. The van der Waals surface area contributed by atoms with Crippen LogP contribution in [0.15, 0.2) is 47.5 Å². The number of nitrogens with zero attached hydrogens (tertiary/aromatic N) is 4. The maximum atomic E-state index is 15.1. The number of imide groups is 1. The second-order valence-electron chi connectivity index (χ2n) is 13.5. The summed E-state index contributed by atoms with van der Waals surface area (Å²) in [5, 5.41) is 25.4. The number of rotatable bonds is 16. The second-order valence-corrected chi connectivity index (χ2v) is 13.5. The van der Waals surface area contributed by atoms with E-state index in [1.807, 2.05) is 19.1 Å². The van der Waals surface area contributed by atoms with Crippen LogP contribution in [0.2, 0.25) is 0 Å². The molecule has 0 fully saturated rings. The molecule has 2 amide bonds. The van der Waals surface area contributed by atoms with Gasteiger partial charge in [0.1, 0.15) is 5.84 Å². The molecule has 0 aromatic heterocycles. The van der Waals surface area contributed by atoms with Crippen LogP contribution < -0.4 is 45.6 Å². The van der Waals surface area contributed by atoms with Gasteiger partial charge in [0.25, 0.3) is 11.8 Å². The number of esters is 1. The Morgan fingerprint density at radius 3 is 1.40 bits per heavy atom. The van der Waals surface area contributed by atoms with Crippen molar-refractivity contribution in [1.29, 1.82) is 10.5 Å². The Balaban J connectivity index is 0. The van der Waals surface area contributed by atoms with Gasteiger partial charge in [-0.25, -0.2) is 13.2 Å². The van der Waals surface area contributed by atoms with E-state index in [9.17, 15) is 28.4 Å². The lowest BCUT2D eigenvalue weighted by molar-refractivity contribution is -0.140. The number of aliphatic hydroxyl groups is 1. The molecule has 73 heavy (non-hydrogen) atoms. The molecule has 7 N–H and O–H groups in total. The first kappa shape index (κ1) is 68.1. The van der Waals surface area contributed by atoms with Gasteiger partial charge >= 0.3 is 5.97 Å². The van der Waals surface area contributed by atoms with Crippen LogP contribution in [0.3, 0.4) is 0 Å². The van der Waals surface area contributed by atoms with Crippen molar-refractivity contribution in [2.45, 2.75) is 75.0 Å². The minimum Gasteiger partial charge on any atom is -0.490 e. The molecule has 0 saturated carbocycles. The summed E-state index contributed by atoms with van der Waals surface area (Å²) in [5.41, 5.74) is 17.5. The molecule has 23 heteroatoms. The van der Waals surface area contributed by atoms with Gasteiger partial charge in [0, 0.05) is 55.0 Å². The van der Waals surface area contributed by atoms with Gasteiger partial charge in [-0.1, -0.05) is 12.1 Å². The van der Waals surface area contributed by atoms with Crippen LogP contribution in [-0.2, 0) is 29.2 Å². The second kappa shape index (κ2) is 36.0. The van der Waals surface area contributed by atoms with Crippen LogP contribution in [0.4, 0.5) is 13.2 Å². The first-order valence-corrected chi connectivity index (χ1v) is 22.4. The summed E-state index contributed by atoms with van der Waals surface area (Å²) >= 11 is 0. The number of aliphatic imine (C=N–C) groups is 1. The molecule has 0 bridgehead atoms. The number of amides is 2. The van der Waals surface area contributed by atoms with Gasteiger partial charge in [-0.2, -0.15) is 10.5 Å². The van der Waals surface area contributed by atoms with Crippen molar-refractivity contribution in [2.24, 2.45) is 22.2 Å². The third-order valence-corrected chi connectivity index (χ3v) is 9.30. The average Bonchev–Trinajstić information content (AvgIpc) is 3.86. The molecule has 2 aliphatic rings. The summed E-state index contributed by atoms with van der Waals surface area (Å²) in [7, 11) is 2.50. The molecule has 0 atom stereocenters. The normalized spacial score (nSPS) is 10.9. The molecule has 18 nitrogen and oxygen atoms in total. The van der Waals surface area contributed by atoms with Gasteiger partial charge in [0.05, 0.1) is 93.7 Å². The van der Waals surface area contributed by atoms with Gasteiger partial charge in [-0.05, 0) is 73.7 Å². The van der Waals surface area contributed by atoms with Crippen LogP contribution in [-0.4, -0.2) is 94.0 Å². The predicted molar refractivity (Wildman–Crippen MR) is 274 cm³/mol. The van der Waals surface area contributed by atoms with E-state index in [1.54, 1.807) is 71.9 Å². The predicted octanol–water partition coefficient (Wildman–Crippen LogP) is 7.68. The van der Waals surface area contributed by atoms with Crippen molar-refractivity contribution in [3.05, 3.63) is 104 Å². The SMILES string of the molecule is CCOC(C)=O.CCOc1cc(C#N)c(CN)c(F)c1OCC.CCOc1cc(C#N)c(CN2C(=O)c3ccccc3C2=O)c(F)c1OCC.CCOc1cc2c(c(F)c1OCC)CN=C2N.CN.CO.Cl.Cl. The Bertz CT molecular complexity index is 2510. The summed E-state index contributed by atoms with van der Waals surface area (Å²) in [4.78, 5) is 39.9. The molecule has 0 aliphatic carbocycles. The molecule has 4 aromatic carbocycles. The Kier molecular flexibility index (Phi) is 33.6. The van der Waals surface area contributed by atoms with Crippen LogP contribution in [0, 0.1) is 40.1 Å². The van der Waals surface area contributed by atoms with Crippen molar-refractivity contribution < 1.29 is 65.8 Å². The lowest BCUT2D eigenvalue weighted by Gasteiger charge is -2.19. The van der Waals surface area contributed by atoms with Gasteiger partial charge < -0.3 is 55.5 Å². The molecule has 0 unspecified atom stereocenters. The van der Waals surface area contributed by atoms with Crippen LogP contribution in [0.25, 0.3) is 0 Å². The molecule has 0 saturated heterocycles. The highest BCUT2D eigenvalue weighted by molar-refractivity contribution is 6.21. The monoisotopic (exact) mass is 1070 g/mol. The van der Waals surface area contributed by atoms with Crippen LogP contribution >= 0.6 is 24.8 Å². The summed E-state index contributed by atoms with van der Waals surface area (Å²) in [6, 6.07) is 14.7. The number of benzene rings is 4. The number of halogens is 5. The maximum absolute atomic E-state index is 15.1. The zero-order chi connectivity index (χ0) is 53.8. The number of hydrogen-bond acceptors (Lipinski definition) is 17. The third kappa shape index (κ3) is 17.9. The highest BCUT2D eigenvalue weighted by atomic mass is 35.5. The Labute approximate surface area is 436 Å². The van der Waals surface area contributed by atoms with E-state index in [2.05, 4.69) is 15.5 Å². The van der Waals surface area contributed by atoms with Crippen molar-refractivity contribution in [2.75, 3.05) is 60.4 Å². The fourth-order valence-corrected chi connectivity index (χ4v) is 6.50. The molecular formula is C50H66Cl2F3N7O11. The van der Waals surface area contributed by atoms with Gasteiger partial charge in [-0.3, -0.25) is 24.3 Å². The molecule has 0 radical (unpaired) electrons. The summed E-state index contributed by atoms with van der Waals surface area (Å²) in [6.45, 7) is 16.0. The zero-order valence-corrected chi connectivity index (χ0v) is 44.2. The summed E-state index contributed by atoms with van der Waals surface area (Å²) in [5.74, 6) is -1.98. The van der Waals surface area contributed by atoms with Crippen molar-refractivity contribution >= 4 is 48.4 Å². The molecule has 2 heterocycles. The average molecular weight is 1070 g/mol. The highest BCUT2D eigenvalue weighted by Crippen LogP contribution is 2.39. The number of carbonyl (C=O) groups excluding carboxylic acids is 3. The first-order chi connectivity index (χ1) is 34.2. The Morgan fingerprint density at radius 1 is 0.658 bits per heavy atom. The number of fused-ring (bicyclic) bond motifs is 2. The standard InChI is InChI=1S/C20H17FN2O4.2C12H15FN2O2.C4H8O2.CH5N.CH4O.2ClH/c1-3-26-16-9-12(10-22)15(17(21)18(16)27-4-2)11-23-19(24)13-7-5-6-8-14(13)20(23)25;1-3-16-9-5-7-8(6-15-12(7)14)10(13)11(9)17-4-2;1-3-16-10-5-8(6-14)9(7-15)11(13)12(10)17-4-2;1-3-6-4(2)5;2*1-2;;/h5-9H,3-4,11H2,1-2H3;5H,3-4,6H2,1-2H3,(H2,14,15);5H,3-4,7,15H2,1-2H3;3H2,1-2H3;2H2,1H3;2H,1H3;2*1H. The molecule has 2 aliphatic heterocycles. The smallest absolute Gasteiger partial charge is 0.302 e. The number of amidine groups is 1. The van der Waals surface area contributed by atoms with Crippen LogP contribution in [0.1, 0.15) is 109 Å². The van der Waals surface area contributed by atoms with Gasteiger partial charge in [0.15, 0.2) is 51.9 Å². The van der Waals surface area contributed by atoms with E-state index in [-0.39, 0.29) is 126 Å². The number of hydrogen-bond donors (Lipinski definition) is 4. The number of ether oxygens (including phenoxy) is 7. The van der Waals surface area contributed by atoms with Gasteiger partial charge in [-0.15, -0.1) is 24.8 Å². The molecule has 402 valence electrons. The van der Waals surface area contributed by atoms with Crippen molar-refractivity contribution in [3.63, 3.8) is 0 Å². The molecule has 6 rings (SSSR count). The Hall–Kier alpha value is -7.01. The van der Waals surface area contributed by atoms with Crippen molar-refractivity contribution in [3.8, 4) is 46.6 Å². The number of nitrogens with two attached hydrogens (primary N) is 3. The molecular weight excluding hydrogens is 1000 g/mol. The van der Waals surface area contributed by atoms with Gasteiger partial charge in [0.2, 0.25) is 0 Å². The lowest BCUT2D eigenvalue weighted by atomic mass is 10.1. The molecule has 0 spiro atoms. The van der Waals surface area contributed by atoms with E-state index in [4.69, 9.17) is 50.3 Å². The van der Waals surface area contributed by atoms with E-state index in [0.717, 1.165) is 12.0 Å². The van der Waals surface area contributed by atoms with E-state index in [1.165, 1.54) is 26.1 Å². The zero-order valence-electron chi connectivity index (χ0n) is 42.6. The summed E-state index contributed by atoms with van der Waals surface area (Å²) in [6.07, 6.45) is 0. The van der Waals surface area contributed by atoms with Crippen LogP contribution in [0.5, 0.6) is 34.5 Å². The number of carbonyl (C=O) groups is 3. The van der Waals surface area contributed by atoms with E-state index < -0.39 is 29.3 Å². The quantitative estimate of drug-likeness (QED) is 0.0618. The number of aliphatic hydroxyl groups excluding tert-OH is 1. The van der Waals surface area contributed by atoms with Crippen molar-refractivity contribution in [1.82, 2.24) is 4.90 Å². The minimum atomic E-state index is -0.809. The summed E-state index contributed by atoms with van der Waals surface area (Å²) < 4.78 is 79.6. The largest absolute Gasteiger partial charge is 0.490 e.